The number of nitrogens with zero attached hydrogens (tertiary/aromatic N) is 2. The van der Waals surface area contributed by atoms with E-state index in [-0.39, 0.29) is 6.03 Å². The van der Waals surface area contributed by atoms with E-state index in [1.807, 2.05) is 0 Å². The van der Waals surface area contributed by atoms with Crippen LogP contribution in [0.4, 0.5) is 4.79 Å². The number of piperidine rings is 2. The van der Waals surface area contributed by atoms with Crippen LogP contribution in [0.5, 0.6) is 0 Å². The maximum absolute atomic E-state index is 12.2. The Morgan fingerprint density at radius 3 is 1.87 bits per heavy atom. The van der Waals surface area contributed by atoms with E-state index < -0.39 is 0 Å². The van der Waals surface area contributed by atoms with Crippen molar-refractivity contribution in [3.63, 3.8) is 0 Å². The highest BCUT2D eigenvalue weighted by molar-refractivity contribution is 5.74. The number of amides is 2. The lowest BCUT2D eigenvalue weighted by atomic mass is 10.0. The topological polar surface area (TPSA) is 47.6 Å². The molecular formula is C18H36N4O. The highest BCUT2D eigenvalue weighted by Crippen LogP contribution is 2.13. The molecule has 2 aliphatic rings. The summed E-state index contributed by atoms with van der Waals surface area (Å²) >= 11 is 0. The molecule has 0 saturated carbocycles. The second-order valence-electron chi connectivity index (χ2n) is 7.70. The Hall–Kier alpha value is -0.810. The molecule has 0 radical (unpaired) electrons. The number of rotatable bonds is 6. The molecule has 0 aliphatic carbocycles. The van der Waals surface area contributed by atoms with Crippen molar-refractivity contribution in [1.29, 1.82) is 0 Å². The second-order valence-corrected chi connectivity index (χ2v) is 7.70. The molecule has 0 aromatic rings. The van der Waals surface area contributed by atoms with Crippen molar-refractivity contribution in [1.82, 2.24) is 20.4 Å². The van der Waals surface area contributed by atoms with Gasteiger partial charge >= 0.3 is 6.03 Å². The fourth-order valence-corrected chi connectivity index (χ4v) is 3.81. The van der Waals surface area contributed by atoms with Gasteiger partial charge in [0.15, 0.2) is 0 Å². The molecule has 0 spiro atoms. The Morgan fingerprint density at radius 2 is 1.43 bits per heavy atom. The maximum Gasteiger partial charge on any atom is 0.315 e. The maximum atomic E-state index is 12.2. The number of hydrogen-bond acceptors (Lipinski definition) is 3. The zero-order valence-corrected chi connectivity index (χ0v) is 15.3. The number of carbonyl (C=O) groups excluding carboxylic acids is 1. The van der Waals surface area contributed by atoms with Gasteiger partial charge in [-0.2, -0.15) is 0 Å². The lowest BCUT2D eigenvalue weighted by Gasteiger charge is -2.35. The minimum absolute atomic E-state index is 0.0428. The van der Waals surface area contributed by atoms with E-state index in [1.54, 1.807) is 0 Å². The van der Waals surface area contributed by atoms with Crippen LogP contribution < -0.4 is 10.6 Å². The molecule has 2 fully saturated rings. The quantitative estimate of drug-likeness (QED) is 0.788. The summed E-state index contributed by atoms with van der Waals surface area (Å²) in [4.78, 5) is 17.2. The van der Waals surface area contributed by atoms with Crippen molar-refractivity contribution in [2.24, 2.45) is 5.92 Å². The van der Waals surface area contributed by atoms with E-state index in [0.717, 1.165) is 57.8 Å². The van der Waals surface area contributed by atoms with Crippen LogP contribution in [-0.4, -0.2) is 67.2 Å². The molecule has 0 aromatic carbocycles. The first-order chi connectivity index (χ1) is 11.1. The molecule has 0 aromatic heterocycles. The molecule has 2 N–H and O–H groups in total. The summed E-state index contributed by atoms with van der Waals surface area (Å²) in [5.41, 5.74) is 0. The highest BCUT2D eigenvalue weighted by atomic mass is 16.2. The van der Waals surface area contributed by atoms with Gasteiger partial charge in [0.1, 0.15) is 0 Å². The monoisotopic (exact) mass is 324 g/mol. The van der Waals surface area contributed by atoms with E-state index in [0.29, 0.717) is 12.1 Å². The standard InChI is InChI=1S/C18H36N4O/c1-4-9-21-10-5-16(6-11-21)19-18(23)20-17-7-12-22(13-8-17)14-15(2)3/h15-17H,4-14H2,1-3H3,(H2,19,20,23). The normalized spacial score (nSPS) is 22.4. The fraction of sp³-hybridized carbons (Fsp3) is 0.944. The van der Waals surface area contributed by atoms with E-state index in [1.165, 1.54) is 19.5 Å². The Balaban J connectivity index is 1.61. The predicted molar refractivity (Wildman–Crippen MR) is 95.7 cm³/mol. The van der Waals surface area contributed by atoms with Gasteiger partial charge < -0.3 is 20.4 Å². The van der Waals surface area contributed by atoms with E-state index in [2.05, 4.69) is 41.2 Å². The van der Waals surface area contributed by atoms with Crippen LogP contribution >= 0.6 is 0 Å². The Labute approximate surface area is 142 Å². The number of likely N-dealkylation sites (tertiary alicyclic amines) is 2. The molecule has 5 heteroatoms. The minimum atomic E-state index is 0.0428. The van der Waals surface area contributed by atoms with Gasteiger partial charge in [0.2, 0.25) is 0 Å². The molecule has 2 aliphatic heterocycles. The smallest absolute Gasteiger partial charge is 0.315 e. The summed E-state index contributed by atoms with van der Waals surface area (Å²) in [5.74, 6) is 0.724. The lowest BCUT2D eigenvalue weighted by molar-refractivity contribution is 0.171. The van der Waals surface area contributed by atoms with Gasteiger partial charge in [0.05, 0.1) is 0 Å². The Bertz CT molecular complexity index is 345. The van der Waals surface area contributed by atoms with Gasteiger partial charge in [0.25, 0.3) is 0 Å². The van der Waals surface area contributed by atoms with Crippen LogP contribution in [-0.2, 0) is 0 Å². The van der Waals surface area contributed by atoms with Gasteiger partial charge in [0, 0.05) is 44.8 Å². The van der Waals surface area contributed by atoms with E-state index in [9.17, 15) is 4.79 Å². The van der Waals surface area contributed by atoms with Crippen molar-refractivity contribution in [3.05, 3.63) is 0 Å². The summed E-state index contributed by atoms with van der Waals surface area (Å²) < 4.78 is 0. The fourth-order valence-electron chi connectivity index (χ4n) is 3.81. The van der Waals surface area contributed by atoms with Crippen molar-refractivity contribution < 1.29 is 4.79 Å². The zero-order valence-electron chi connectivity index (χ0n) is 15.3. The lowest BCUT2D eigenvalue weighted by Crippen LogP contribution is -2.52. The van der Waals surface area contributed by atoms with Crippen LogP contribution in [0.3, 0.4) is 0 Å². The molecule has 2 heterocycles. The van der Waals surface area contributed by atoms with Crippen molar-refractivity contribution in [3.8, 4) is 0 Å². The molecule has 5 nitrogen and oxygen atoms in total. The molecule has 23 heavy (non-hydrogen) atoms. The van der Waals surface area contributed by atoms with Crippen LogP contribution in [0, 0.1) is 5.92 Å². The molecule has 2 rings (SSSR count). The molecule has 0 unspecified atom stereocenters. The van der Waals surface area contributed by atoms with Crippen LogP contribution in [0.1, 0.15) is 52.9 Å². The van der Waals surface area contributed by atoms with Crippen molar-refractivity contribution in [2.45, 2.75) is 65.0 Å². The third-order valence-electron chi connectivity index (χ3n) is 5.01. The number of urea groups is 1. The summed E-state index contributed by atoms with van der Waals surface area (Å²) in [5, 5.41) is 6.37. The highest BCUT2D eigenvalue weighted by Gasteiger charge is 2.23. The molecule has 0 atom stereocenters. The first-order valence-corrected chi connectivity index (χ1v) is 9.58. The van der Waals surface area contributed by atoms with E-state index in [4.69, 9.17) is 0 Å². The summed E-state index contributed by atoms with van der Waals surface area (Å²) in [7, 11) is 0. The van der Waals surface area contributed by atoms with Crippen molar-refractivity contribution >= 4 is 6.03 Å². The van der Waals surface area contributed by atoms with Crippen LogP contribution in [0.2, 0.25) is 0 Å². The predicted octanol–water partition coefficient (Wildman–Crippen LogP) is 2.28. The number of hydrogen-bond donors (Lipinski definition) is 2. The summed E-state index contributed by atoms with van der Waals surface area (Å²) in [6.45, 7) is 13.6. The van der Waals surface area contributed by atoms with Gasteiger partial charge in [-0.15, -0.1) is 0 Å². The molecule has 0 bridgehead atoms. The zero-order chi connectivity index (χ0) is 16.7. The SMILES string of the molecule is CCCN1CCC(NC(=O)NC2CCN(CC(C)C)CC2)CC1. The summed E-state index contributed by atoms with van der Waals surface area (Å²) in [6.07, 6.45) is 5.54. The molecular weight excluding hydrogens is 288 g/mol. The average molecular weight is 325 g/mol. The average Bonchev–Trinajstić information content (AvgIpc) is 2.51. The summed E-state index contributed by atoms with van der Waals surface area (Å²) in [6, 6.07) is 0.740. The molecule has 134 valence electrons. The van der Waals surface area contributed by atoms with Gasteiger partial charge in [-0.25, -0.2) is 4.79 Å². The Morgan fingerprint density at radius 1 is 0.957 bits per heavy atom. The van der Waals surface area contributed by atoms with Crippen LogP contribution in [0.25, 0.3) is 0 Å². The van der Waals surface area contributed by atoms with Gasteiger partial charge in [-0.05, 0) is 44.6 Å². The largest absolute Gasteiger partial charge is 0.335 e. The van der Waals surface area contributed by atoms with Crippen LogP contribution in [0.15, 0.2) is 0 Å². The van der Waals surface area contributed by atoms with Gasteiger partial charge in [-0.3, -0.25) is 0 Å². The van der Waals surface area contributed by atoms with E-state index >= 15 is 0 Å². The van der Waals surface area contributed by atoms with Gasteiger partial charge in [-0.1, -0.05) is 20.8 Å². The third kappa shape index (κ3) is 6.68. The first-order valence-electron chi connectivity index (χ1n) is 9.58. The molecule has 2 saturated heterocycles. The van der Waals surface area contributed by atoms with Crippen molar-refractivity contribution in [2.75, 3.05) is 39.3 Å². The Kier molecular flexibility index (Phi) is 7.63. The second kappa shape index (κ2) is 9.48. The third-order valence-corrected chi connectivity index (χ3v) is 5.01. The number of nitrogens with one attached hydrogen (secondary N) is 2. The first kappa shape index (κ1) is 18.5. The number of carbonyl (C=O) groups is 1. The minimum Gasteiger partial charge on any atom is -0.335 e. The molecule has 2 amide bonds.